The number of aromatic amines is 1. The van der Waals surface area contributed by atoms with Crippen LogP contribution in [-0.4, -0.2) is 20.3 Å². The second-order valence-electron chi connectivity index (χ2n) is 5.80. The van der Waals surface area contributed by atoms with Crippen LogP contribution in [0.4, 0.5) is 0 Å². The molecule has 21 heavy (non-hydrogen) atoms. The van der Waals surface area contributed by atoms with Crippen molar-refractivity contribution in [2.24, 2.45) is 13.0 Å². The molecule has 4 rings (SSSR count). The second kappa shape index (κ2) is 4.58. The minimum Gasteiger partial charge on any atom is -0.350 e. The topological polar surface area (TPSA) is 50.7 Å². The van der Waals surface area contributed by atoms with Gasteiger partial charge in [-0.05, 0) is 18.9 Å². The molecule has 1 atom stereocenters. The lowest BCUT2D eigenvalue weighted by Crippen LogP contribution is -2.22. The number of rotatable bonds is 2. The Hall–Kier alpha value is -2.36. The molecular weight excluding hydrogens is 261 g/mol. The van der Waals surface area contributed by atoms with Crippen molar-refractivity contribution in [2.45, 2.75) is 19.3 Å². The third kappa shape index (κ3) is 1.90. The van der Waals surface area contributed by atoms with Crippen molar-refractivity contribution in [2.75, 3.05) is 0 Å². The molecule has 2 heterocycles. The van der Waals surface area contributed by atoms with Crippen molar-refractivity contribution in [3.8, 4) is 0 Å². The molecule has 1 aliphatic rings. The molecule has 2 aromatic heterocycles. The van der Waals surface area contributed by atoms with E-state index in [9.17, 15) is 4.79 Å². The first-order valence-electron chi connectivity index (χ1n) is 7.33. The third-order valence-corrected chi connectivity index (χ3v) is 4.52. The van der Waals surface area contributed by atoms with E-state index in [-0.39, 0.29) is 11.7 Å². The first kappa shape index (κ1) is 12.4. The average Bonchev–Trinajstić information content (AvgIpc) is 3.11. The Morgan fingerprint density at radius 3 is 3.14 bits per heavy atom. The molecule has 0 spiro atoms. The first-order valence-corrected chi connectivity index (χ1v) is 7.33. The summed E-state index contributed by atoms with van der Waals surface area (Å²) in [5, 5.41) is 1.05. The standard InChI is InChI=1S/C17H17N3O/c1-20-9-13(12-4-2-3-5-16(12)20)17(21)11-6-7-14-15(8-11)19-10-18-14/h2-5,9-11H,6-8H2,1H3,(H,18,19)/t11-/m1/s1/i1-1. The van der Waals surface area contributed by atoms with Crippen molar-refractivity contribution >= 4 is 16.7 Å². The van der Waals surface area contributed by atoms with Crippen LogP contribution in [0.1, 0.15) is 28.2 Å². The van der Waals surface area contributed by atoms with Crippen LogP contribution in [0.2, 0.25) is 0 Å². The molecule has 1 N–H and O–H groups in total. The normalized spacial score (nSPS) is 17.9. The van der Waals surface area contributed by atoms with Crippen LogP contribution in [0.3, 0.4) is 0 Å². The average molecular weight is 278 g/mol. The zero-order valence-corrected chi connectivity index (χ0v) is 12.0. The summed E-state index contributed by atoms with van der Waals surface area (Å²) in [7, 11) is 1.99. The molecule has 1 aromatic carbocycles. The number of para-hydroxylation sites is 1. The number of ketones is 1. The van der Waals surface area contributed by atoms with Crippen molar-refractivity contribution < 1.29 is 4.79 Å². The predicted octanol–water partition coefficient (Wildman–Crippen LogP) is 2.89. The zero-order valence-electron chi connectivity index (χ0n) is 12.0. The minimum atomic E-state index is 0.0478. The van der Waals surface area contributed by atoms with E-state index < -0.39 is 0 Å². The number of Topliss-reactive ketones (excluding diaryl/α,β-unsaturated/α-hetero) is 1. The number of H-pyrrole nitrogens is 1. The number of nitrogens with one attached hydrogen (secondary N) is 1. The molecule has 3 aromatic rings. The van der Waals surface area contributed by atoms with E-state index in [0.717, 1.165) is 41.4 Å². The Kier molecular flexibility index (Phi) is 2.70. The minimum absolute atomic E-state index is 0.0478. The van der Waals surface area contributed by atoms with Gasteiger partial charge in [-0.3, -0.25) is 4.79 Å². The maximum atomic E-state index is 12.9. The number of aromatic nitrogens is 3. The molecule has 0 aliphatic heterocycles. The molecule has 0 bridgehead atoms. The summed E-state index contributed by atoms with van der Waals surface area (Å²) in [5.74, 6) is 0.298. The number of nitrogens with zero attached hydrogens (tertiary/aromatic N) is 2. The quantitative estimate of drug-likeness (QED) is 0.733. The molecule has 1 aliphatic carbocycles. The van der Waals surface area contributed by atoms with Gasteiger partial charge in [-0.15, -0.1) is 0 Å². The monoisotopic (exact) mass is 278 g/mol. The summed E-state index contributed by atoms with van der Waals surface area (Å²) in [6.07, 6.45) is 6.26. The summed E-state index contributed by atoms with van der Waals surface area (Å²) in [6, 6.07) is 8.09. The molecular formula is C17H17N3O. The Bertz CT molecular complexity index is 828. The maximum Gasteiger partial charge on any atom is 0.168 e. The molecule has 4 nitrogen and oxygen atoms in total. The first-order chi connectivity index (χ1) is 10.2. The van der Waals surface area contributed by atoms with E-state index in [1.165, 1.54) is 5.69 Å². The highest BCUT2D eigenvalue weighted by Crippen LogP contribution is 2.29. The molecule has 0 fully saturated rings. The van der Waals surface area contributed by atoms with Gasteiger partial charge in [0.25, 0.3) is 0 Å². The number of hydrogen-bond acceptors (Lipinski definition) is 2. The molecule has 0 saturated heterocycles. The number of aryl methyl sites for hydroxylation is 2. The van der Waals surface area contributed by atoms with Crippen LogP contribution in [-0.2, 0) is 19.9 Å². The largest absolute Gasteiger partial charge is 0.350 e. The van der Waals surface area contributed by atoms with E-state index >= 15 is 0 Å². The van der Waals surface area contributed by atoms with Crippen molar-refractivity contribution in [1.82, 2.24) is 14.5 Å². The summed E-state index contributed by atoms with van der Waals surface area (Å²) >= 11 is 0. The van der Waals surface area contributed by atoms with Gasteiger partial charge in [0.2, 0.25) is 0 Å². The number of imidazole rings is 1. The lowest BCUT2D eigenvalue weighted by molar-refractivity contribution is 0.0909. The molecule has 0 radical (unpaired) electrons. The van der Waals surface area contributed by atoms with E-state index in [1.807, 2.05) is 36.0 Å². The van der Waals surface area contributed by atoms with Gasteiger partial charge in [0, 0.05) is 47.7 Å². The van der Waals surface area contributed by atoms with Crippen LogP contribution in [0.5, 0.6) is 0 Å². The summed E-state index contributed by atoms with van der Waals surface area (Å²) in [4.78, 5) is 20.4. The van der Waals surface area contributed by atoms with Gasteiger partial charge in [0.05, 0.1) is 12.0 Å². The van der Waals surface area contributed by atoms with Gasteiger partial charge < -0.3 is 9.55 Å². The van der Waals surface area contributed by atoms with Crippen molar-refractivity contribution in [1.29, 1.82) is 0 Å². The summed E-state index contributed by atoms with van der Waals surface area (Å²) in [6.45, 7) is 0. The fourth-order valence-corrected chi connectivity index (χ4v) is 3.38. The number of benzene rings is 1. The third-order valence-electron chi connectivity index (χ3n) is 4.52. The molecule has 4 heteroatoms. The van der Waals surface area contributed by atoms with Gasteiger partial charge in [0.1, 0.15) is 0 Å². The zero-order chi connectivity index (χ0) is 14.4. The van der Waals surface area contributed by atoms with Crippen molar-refractivity contribution in [3.63, 3.8) is 0 Å². The Balaban J connectivity index is 1.71. The highest BCUT2D eigenvalue weighted by Gasteiger charge is 2.28. The lowest BCUT2D eigenvalue weighted by Gasteiger charge is -2.19. The van der Waals surface area contributed by atoms with Crippen LogP contribution in [0.15, 0.2) is 36.8 Å². The van der Waals surface area contributed by atoms with E-state index in [0.29, 0.717) is 0 Å². The van der Waals surface area contributed by atoms with Crippen molar-refractivity contribution in [3.05, 3.63) is 53.7 Å². The maximum absolute atomic E-state index is 12.9. The van der Waals surface area contributed by atoms with Gasteiger partial charge in [-0.25, -0.2) is 4.98 Å². The van der Waals surface area contributed by atoms with Gasteiger partial charge >= 0.3 is 0 Å². The van der Waals surface area contributed by atoms with E-state index in [1.54, 1.807) is 6.33 Å². The highest BCUT2D eigenvalue weighted by atomic mass is 16.1. The Morgan fingerprint density at radius 1 is 1.38 bits per heavy atom. The Labute approximate surface area is 122 Å². The van der Waals surface area contributed by atoms with Gasteiger partial charge in [-0.2, -0.15) is 0 Å². The molecule has 0 saturated carbocycles. The van der Waals surface area contributed by atoms with Crippen LogP contribution in [0.25, 0.3) is 10.9 Å². The fraction of sp³-hybridized carbons (Fsp3) is 0.294. The number of fused-ring (bicyclic) bond motifs is 2. The smallest absolute Gasteiger partial charge is 0.168 e. The number of carbonyl (C=O) groups is 1. The Morgan fingerprint density at radius 2 is 2.24 bits per heavy atom. The second-order valence-corrected chi connectivity index (χ2v) is 5.80. The number of hydrogen-bond donors (Lipinski definition) is 1. The molecule has 0 unspecified atom stereocenters. The fourth-order valence-electron chi connectivity index (χ4n) is 3.38. The lowest BCUT2D eigenvalue weighted by atomic mass is 9.84. The summed E-state index contributed by atoms with van der Waals surface area (Å²) < 4.78 is 2.03. The van der Waals surface area contributed by atoms with E-state index in [2.05, 4.69) is 16.0 Å². The highest BCUT2D eigenvalue weighted by molar-refractivity contribution is 6.09. The van der Waals surface area contributed by atoms with Crippen LogP contribution in [0, 0.1) is 5.92 Å². The van der Waals surface area contributed by atoms with Gasteiger partial charge in [-0.1, -0.05) is 18.2 Å². The molecule has 0 amide bonds. The van der Waals surface area contributed by atoms with E-state index in [4.69, 9.17) is 0 Å². The molecule has 106 valence electrons. The van der Waals surface area contributed by atoms with Crippen LogP contribution < -0.4 is 0 Å². The summed E-state index contributed by atoms with van der Waals surface area (Å²) in [5.41, 5.74) is 4.20. The van der Waals surface area contributed by atoms with Crippen LogP contribution >= 0.6 is 0 Å². The SMILES string of the molecule is [11CH3]n1cc(C(=O)[C@@H]2CCc3[nH]cnc3C2)c2ccccc21. The number of carbonyl (C=O) groups excluding carboxylic acids is 1. The predicted molar refractivity (Wildman–Crippen MR) is 81.4 cm³/mol. The van der Waals surface area contributed by atoms with Gasteiger partial charge in [0.15, 0.2) is 5.78 Å².